The molecule has 3 aromatic rings. The lowest BCUT2D eigenvalue weighted by Crippen LogP contribution is -2.15. The zero-order valence-corrected chi connectivity index (χ0v) is 14.2. The van der Waals surface area contributed by atoms with Crippen molar-refractivity contribution in [2.24, 2.45) is 0 Å². The van der Waals surface area contributed by atoms with Gasteiger partial charge in [0.2, 0.25) is 0 Å². The number of nitrogens with one attached hydrogen (secondary N) is 1. The first-order chi connectivity index (χ1) is 12.4. The number of amides is 1. The van der Waals surface area contributed by atoms with Gasteiger partial charge in [-0.15, -0.1) is 0 Å². The second-order valence-electron chi connectivity index (χ2n) is 5.27. The predicted octanol–water partition coefficient (Wildman–Crippen LogP) is 4.81. The molecule has 1 N–H and O–H groups in total. The molecule has 0 aliphatic carbocycles. The number of halogens is 4. The van der Waals surface area contributed by atoms with Gasteiger partial charge in [-0.25, -0.2) is 13.2 Å². The van der Waals surface area contributed by atoms with Crippen molar-refractivity contribution in [1.29, 1.82) is 0 Å². The molecule has 1 heterocycles. The summed E-state index contributed by atoms with van der Waals surface area (Å²) < 4.78 is 47.0. The normalized spacial score (nSPS) is 10.7. The number of carbonyl (C=O) groups is 1. The largest absolute Gasteiger partial charge is 0.496 e. The maximum Gasteiger partial charge on any atom is 0.259 e. The van der Waals surface area contributed by atoms with Crippen molar-refractivity contribution in [2.75, 3.05) is 12.4 Å². The summed E-state index contributed by atoms with van der Waals surface area (Å²) in [6, 6.07) is 8.13. The molecule has 0 atom stereocenters. The molecule has 0 unspecified atom stereocenters. The number of rotatable bonds is 4. The zero-order chi connectivity index (χ0) is 18.8. The minimum Gasteiger partial charge on any atom is -0.496 e. The smallest absolute Gasteiger partial charge is 0.259 e. The Morgan fingerprint density at radius 2 is 1.81 bits per heavy atom. The molecule has 0 fully saturated rings. The molecule has 134 valence electrons. The lowest BCUT2D eigenvalue weighted by atomic mass is 10.1. The van der Waals surface area contributed by atoms with E-state index in [1.54, 1.807) is 35.2 Å². The lowest BCUT2D eigenvalue weighted by Gasteiger charge is -2.14. The molecule has 8 heteroatoms. The fourth-order valence-electron chi connectivity index (χ4n) is 2.39. The topological polar surface area (TPSA) is 43.3 Å². The average Bonchev–Trinajstić information content (AvgIpc) is 3.16. The van der Waals surface area contributed by atoms with E-state index in [9.17, 15) is 18.0 Å². The van der Waals surface area contributed by atoms with E-state index in [1.807, 2.05) is 0 Å². The molecule has 0 spiro atoms. The van der Waals surface area contributed by atoms with E-state index in [2.05, 4.69) is 5.32 Å². The molecule has 0 aliphatic rings. The fourth-order valence-corrected chi connectivity index (χ4v) is 2.66. The summed E-state index contributed by atoms with van der Waals surface area (Å²) >= 11 is 6.23. The first kappa shape index (κ1) is 17.9. The number of aromatic nitrogens is 1. The van der Waals surface area contributed by atoms with Crippen LogP contribution >= 0.6 is 11.6 Å². The molecule has 0 aliphatic heterocycles. The van der Waals surface area contributed by atoms with Crippen molar-refractivity contribution in [3.05, 3.63) is 76.8 Å². The van der Waals surface area contributed by atoms with Gasteiger partial charge in [0, 0.05) is 18.5 Å². The van der Waals surface area contributed by atoms with Gasteiger partial charge in [-0.05, 0) is 30.3 Å². The molecule has 0 saturated carbocycles. The molecule has 3 rings (SSSR count). The van der Waals surface area contributed by atoms with Gasteiger partial charge in [-0.2, -0.15) is 0 Å². The van der Waals surface area contributed by atoms with Gasteiger partial charge in [0.25, 0.3) is 5.91 Å². The van der Waals surface area contributed by atoms with E-state index < -0.39 is 29.0 Å². The van der Waals surface area contributed by atoms with Gasteiger partial charge in [0.1, 0.15) is 5.75 Å². The van der Waals surface area contributed by atoms with Gasteiger partial charge in [-0.1, -0.05) is 11.6 Å². The molecule has 1 amide bonds. The third kappa shape index (κ3) is 3.25. The van der Waals surface area contributed by atoms with Crippen LogP contribution in [0.4, 0.5) is 18.9 Å². The Labute approximate surface area is 151 Å². The first-order valence-electron chi connectivity index (χ1n) is 7.38. The molecular formula is C18H12ClF3N2O2. The number of benzene rings is 2. The number of methoxy groups -OCH3 is 1. The molecule has 2 aromatic carbocycles. The van der Waals surface area contributed by atoms with Crippen molar-refractivity contribution in [2.45, 2.75) is 0 Å². The number of anilines is 1. The van der Waals surface area contributed by atoms with Gasteiger partial charge in [0.15, 0.2) is 17.5 Å². The fraction of sp³-hybridized carbons (Fsp3) is 0.0556. The first-order valence-corrected chi connectivity index (χ1v) is 7.76. The number of carbonyl (C=O) groups excluding carboxylic acids is 1. The standard InChI is InChI=1S/C18H12ClF3N2O2/c1-26-15-9-14(24-6-2-3-7-24)11(19)8-10(15)18(25)23-13-5-4-12(20)16(21)17(13)22/h2-9H,1H3,(H,23,25). The molecule has 0 radical (unpaired) electrons. The van der Waals surface area contributed by atoms with E-state index >= 15 is 0 Å². The third-order valence-corrected chi connectivity index (χ3v) is 3.98. The predicted molar refractivity (Wildman–Crippen MR) is 91.6 cm³/mol. The highest BCUT2D eigenvalue weighted by Gasteiger charge is 2.20. The molecule has 4 nitrogen and oxygen atoms in total. The molecule has 0 saturated heterocycles. The van der Waals surface area contributed by atoms with Crippen molar-refractivity contribution in [1.82, 2.24) is 4.57 Å². The summed E-state index contributed by atoms with van der Waals surface area (Å²) in [5.74, 6) is -5.12. The molecule has 26 heavy (non-hydrogen) atoms. The number of hydrogen-bond donors (Lipinski definition) is 1. The van der Waals surface area contributed by atoms with Crippen LogP contribution < -0.4 is 10.1 Å². The summed E-state index contributed by atoms with van der Waals surface area (Å²) in [6.07, 6.45) is 3.52. The van der Waals surface area contributed by atoms with Gasteiger partial charge in [-0.3, -0.25) is 4.79 Å². The van der Waals surface area contributed by atoms with Crippen LogP contribution in [0.25, 0.3) is 5.69 Å². The van der Waals surface area contributed by atoms with E-state index in [-0.39, 0.29) is 16.3 Å². The third-order valence-electron chi connectivity index (χ3n) is 3.68. The highest BCUT2D eigenvalue weighted by Crippen LogP contribution is 2.31. The van der Waals surface area contributed by atoms with E-state index in [0.29, 0.717) is 11.8 Å². The Bertz CT molecular complexity index is 975. The minimum absolute atomic E-state index is 0.0116. The maximum atomic E-state index is 13.8. The average molecular weight is 381 g/mol. The van der Waals surface area contributed by atoms with Crippen molar-refractivity contribution < 1.29 is 22.7 Å². The Morgan fingerprint density at radius 3 is 2.46 bits per heavy atom. The monoisotopic (exact) mass is 380 g/mol. The Hall–Kier alpha value is -2.93. The van der Waals surface area contributed by atoms with Gasteiger partial charge >= 0.3 is 0 Å². The van der Waals surface area contributed by atoms with Gasteiger partial charge in [0.05, 0.1) is 29.1 Å². The van der Waals surface area contributed by atoms with Crippen LogP contribution in [0.2, 0.25) is 5.02 Å². The Balaban J connectivity index is 1.97. The summed E-state index contributed by atoms with van der Waals surface area (Å²) in [4.78, 5) is 12.5. The minimum atomic E-state index is -1.67. The van der Waals surface area contributed by atoms with Crippen molar-refractivity contribution in [3.8, 4) is 11.4 Å². The van der Waals surface area contributed by atoms with Crippen molar-refractivity contribution >= 4 is 23.2 Å². The summed E-state index contributed by atoms with van der Waals surface area (Å²) in [5.41, 5.74) is 0.0863. The highest BCUT2D eigenvalue weighted by molar-refractivity contribution is 6.33. The van der Waals surface area contributed by atoms with Gasteiger partial charge < -0.3 is 14.6 Å². The van der Waals surface area contributed by atoms with Crippen LogP contribution in [0.3, 0.4) is 0 Å². The zero-order valence-electron chi connectivity index (χ0n) is 13.4. The highest BCUT2D eigenvalue weighted by atomic mass is 35.5. The number of nitrogens with zero attached hydrogens (tertiary/aromatic N) is 1. The van der Waals surface area contributed by atoms with Crippen LogP contribution in [0.15, 0.2) is 48.8 Å². The summed E-state index contributed by atoms with van der Waals surface area (Å²) in [7, 11) is 1.36. The van der Waals surface area contributed by atoms with Crippen LogP contribution in [0, 0.1) is 17.5 Å². The molecule has 1 aromatic heterocycles. The molecule has 0 bridgehead atoms. The SMILES string of the molecule is COc1cc(-n2cccc2)c(Cl)cc1C(=O)Nc1ccc(F)c(F)c1F. The van der Waals surface area contributed by atoms with E-state index in [0.717, 1.165) is 6.07 Å². The molecular weight excluding hydrogens is 369 g/mol. The second-order valence-corrected chi connectivity index (χ2v) is 5.68. The maximum absolute atomic E-state index is 13.8. The summed E-state index contributed by atoms with van der Waals surface area (Å²) in [5, 5.41) is 2.43. The summed E-state index contributed by atoms with van der Waals surface area (Å²) in [6.45, 7) is 0. The van der Waals surface area contributed by atoms with Crippen molar-refractivity contribution in [3.63, 3.8) is 0 Å². The quantitative estimate of drug-likeness (QED) is 0.660. The Morgan fingerprint density at radius 1 is 1.12 bits per heavy atom. The van der Waals surface area contributed by atoms with E-state index in [1.165, 1.54) is 13.2 Å². The van der Waals surface area contributed by atoms with E-state index in [4.69, 9.17) is 16.3 Å². The van der Waals surface area contributed by atoms with Crippen LogP contribution in [-0.2, 0) is 0 Å². The van der Waals surface area contributed by atoms with Crippen LogP contribution in [0.5, 0.6) is 5.75 Å². The second kappa shape index (κ2) is 7.13. The Kier molecular flexibility index (Phi) is 4.90. The number of ether oxygens (including phenoxy) is 1. The lowest BCUT2D eigenvalue weighted by molar-refractivity contribution is 0.102. The van der Waals surface area contributed by atoms with Crippen LogP contribution in [0.1, 0.15) is 10.4 Å². The number of hydrogen-bond acceptors (Lipinski definition) is 2. The van der Waals surface area contributed by atoms with Crippen LogP contribution in [-0.4, -0.2) is 17.6 Å².